The van der Waals surface area contributed by atoms with Crippen molar-refractivity contribution in [1.29, 1.82) is 0 Å². The topological polar surface area (TPSA) is 37.8 Å². The van der Waals surface area contributed by atoms with Crippen LogP contribution in [-0.2, 0) is 12.2 Å². The molecule has 0 aliphatic heterocycles. The fourth-order valence-electron chi connectivity index (χ4n) is 1.87. The molecular formula is C13H23N3S. The van der Waals surface area contributed by atoms with Crippen LogP contribution in [-0.4, -0.2) is 29.3 Å². The summed E-state index contributed by atoms with van der Waals surface area (Å²) >= 11 is 1.87. The molecule has 0 amide bonds. The Hall–Kier alpha value is -0.610. The van der Waals surface area contributed by atoms with Crippen LogP contribution in [0.1, 0.15) is 36.1 Å². The Labute approximate surface area is 109 Å². The molecule has 0 aliphatic rings. The summed E-state index contributed by atoms with van der Waals surface area (Å²) in [5.74, 6) is 3.02. The predicted octanol–water partition coefficient (Wildman–Crippen LogP) is 2.50. The van der Waals surface area contributed by atoms with E-state index in [-0.39, 0.29) is 0 Å². The van der Waals surface area contributed by atoms with E-state index in [1.165, 1.54) is 5.56 Å². The van der Waals surface area contributed by atoms with Gasteiger partial charge in [0.05, 0.1) is 5.75 Å². The van der Waals surface area contributed by atoms with Crippen molar-refractivity contribution >= 4 is 11.8 Å². The third kappa shape index (κ3) is 4.64. The third-order valence-electron chi connectivity index (χ3n) is 2.76. The van der Waals surface area contributed by atoms with Crippen molar-refractivity contribution in [2.24, 2.45) is 0 Å². The molecule has 0 radical (unpaired) electrons. The molecule has 1 aromatic heterocycles. The minimum Gasteiger partial charge on any atom is -0.320 e. The van der Waals surface area contributed by atoms with E-state index in [1.54, 1.807) is 0 Å². The molecule has 0 fully saturated rings. The van der Waals surface area contributed by atoms with E-state index in [0.717, 1.165) is 48.1 Å². The molecule has 1 aromatic rings. The van der Waals surface area contributed by atoms with Gasteiger partial charge in [0.15, 0.2) is 0 Å². The van der Waals surface area contributed by atoms with Crippen LogP contribution in [0.25, 0.3) is 0 Å². The molecular weight excluding hydrogens is 230 g/mol. The zero-order valence-electron chi connectivity index (χ0n) is 11.3. The molecule has 1 rings (SSSR count). The van der Waals surface area contributed by atoms with Gasteiger partial charge in [0, 0.05) is 11.4 Å². The molecule has 0 aliphatic carbocycles. The molecule has 4 heteroatoms. The SMILES string of the molecule is CCSCc1nc(C)c(CCCNC)c(C)n1. The Kier molecular flexibility index (Phi) is 6.52. The van der Waals surface area contributed by atoms with E-state index in [4.69, 9.17) is 0 Å². The van der Waals surface area contributed by atoms with Crippen molar-refractivity contribution in [2.75, 3.05) is 19.3 Å². The van der Waals surface area contributed by atoms with Gasteiger partial charge in [-0.15, -0.1) is 0 Å². The van der Waals surface area contributed by atoms with E-state index < -0.39 is 0 Å². The summed E-state index contributed by atoms with van der Waals surface area (Å²) in [4.78, 5) is 9.20. The van der Waals surface area contributed by atoms with Gasteiger partial charge in [-0.3, -0.25) is 0 Å². The largest absolute Gasteiger partial charge is 0.320 e. The number of nitrogens with zero attached hydrogens (tertiary/aromatic N) is 2. The number of aryl methyl sites for hydroxylation is 2. The van der Waals surface area contributed by atoms with Crippen LogP contribution >= 0.6 is 11.8 Å². The van der Waals surface area contributed by atoms with Crippen LogP contribution < -0.4 is 5.32 Å². The normalized spacial score (nSPS) is 10.8. The quantitative estimate of drug-likeness (QED) is 0.758. The van der Waals surface area contributed by atoms with Crippen molar-refractivity contribution in [1.82, 2.24) is 15.3 Å². The Morgan fingerprint density at radius 2 is 1.82 bits per heavy atom. The van der Waals surface area contributed by atoms with Gasteiger partial charge in [-0.2, -0.15) is 11.8 Å². The van der Waals surface area contributed by atoms with Crippen LogP contribution in [0.15, 0.2) is 0 Å². The van der Waals surface area contributed by atoms with E-state index in [0.29, 0.717) is 0 Å². The first-order chi connectivity index (χ1) is 8.19. The monoisotopic (exact) mass is 253 g/mol. The van der Waals surface area contributed by atoms with E-state index in [2.05, 4.69) is 36.1 Å². The number of hydrogen-bond donors (Lipinski definition) is 1. The van der Waals surface area contributed by atoms with Crippen molar-refractivity contribution in [3.8, 4) is 0 Å². The van der Waals surface area contributed by atoms with Gasteiger partial charge in [0.1, 0.15) is 5.82 Å². The zero-order valence-corrected chi connectivity index (χ0v) is 12.2. The highest BCUT2D eigenvalue weighted by Gasteiger charge is 2.07. The summed E-state index contributed by atoms with van der Waals surface area (Å²) in [7, 11) is 1.99. The summed E-state index contributed by atoms with van der Waals surface area (Å²) in [6, 6.07) is 0. The lowest BCUT2D eigenvalue weighted by molar-refractivity contribution is 0.713. The molecule has 0 atom stereocenters. The predicted molar refractivity (Wildman–Crippen MR) is 75.6 cm³/mol. The highest BCUT2D eigenvalue weighted by atomic mass is 32.2. The lowest BCUT2D eigenvalue weighted by Crippen LogP contribution is -2.11. The molecule has 0 aromatic carbocycles. The molecule has 0 bridgehead atoms. The summed E-state index contributed by atoms with van der Waals surface area (Å²) in [6.07, 6.45) is 2.21. The number of rotatable bonds is 7. The fourth-order valence-corrected chi connectivity index (χ4v) is 2.39. The van der Waals surface area contributed by atoms with Crippen molar-refractivity contribution < 1.29 is 0 Å². The van der Waals surface area contributed by atoms with Gasteiger partial charge in [0.25, 0.3) is 0 Å². The smallest absolute Gasteiger partial charge is 0.138 e. The molecule has 96 valence electrons. The van der Waals surface area contributed by atoms with Crippen LogP contribution in [0.4, 0.5) is 0 Å². The van der Waals surface area contributed by atoms with Crippen LogP contribution in [0, 0.1) is 13.8 Å². The number of aromatic nitrogens is 2. The maximum atomic E-state index is 4.60. The maximum Gasteiger partial charge on any atom is 0.138 e. The average Bonchev–Trinajstić information content (AvgIpc) is 2.30. The maximum absolute atomic E-state index is 4.60. The fraction of sp³-hybridized carbons (Fsp3) is 0.692. The van der Waals surface area contributed by atoms with Gasteiger partial charge < -0.3 is 5.32 Å². The standard InChI is InChI=1S/C13H23N3S/c1-5-17-9-13-15-10(2)12(11(3)16-13)7-6-8-14-4/h14H,5-9H2,1-4H3. The summed E-state index contributed by atoms with van der Waals surface area (Å²) < 4.78 is 0. The van der Waals surface area contributed by atoms with Gasteiger partial charge >= 0.3 is 0 Å². The van der Waals surface area contributed by atoms with Gasteiger partial charge in [-0.25, -0.2) is 9.97 Å². The first kappa shape index (κ1) is 14.5. The van der Waals surface area contributed by atoms with Crippen molar-refractivity contribution in [3.63, 3.8) is 0 Å². The molecule has 1 N–H and O–H groups in total. The van der Waals surface area contributed by atoms with Gasteiger partial charge in [-0.1, -0.05) is 6.92 Å². The Bertz CT molecular complexity index is 330. The Balaban J connectivity index is 2.72. The Morgan fingerprint density at radius 1 is 1.18 bits per heavy atom. The van der Waals surface area contributed by atoms with Gasteiger partial charge in [0.2, 0.25) is 0 Å². The summed E-state index contributed by atoms with van der Waals surface area (Å²) in [5, 5.41) is 3.17. The van der Waals surface area contributed by atoms with E-state index in [1.807, 2.05) is 18.8 Å². The number of hydrogen-bond acceptors (Lipinski definition) is 4. The first-order valence-electron chi connectivity index (χ1n) is 6.24. The number of nitrogens with one attached hydrogen (secondary N) is 1. The summed E-state index contributed by atoms with van der Waals surface area (Å²) in [5.41, 5.74) is 3.63. The summed E-state index contributed by atoms with van der Waals surface area (Å²) in [6.45, 7) is 7.41. The molecule has 0 spiro atoms. The van der Waals surface area contributed by atoms with Gasteiger partial charge in [-0.05, 0) is 51.6 Å². The second-order valence-electron chi connectivity index (χ2n) is 4.13. The van der Waals surface area contributed by atoms with Crippen molar-refractivity contribution in [2.45, 2.75) is 39.4 Å². The average molecular weight is 253 g/mol. The molecule has 1 heterocycles. The van der Waals surface area contributed by atoms with E-state index in [9.17, 15) is 0 Å². The van der Waals surface area contributed by atoms with Crippen molar-refractivity contribution in [3.05, 3.63) is 22.8 Å². The molecule has 17 heavy (non-hydrogen) atoms. The van der Waals surface area contributed by atoms with Crippen LogP contribution in [0.5, 0.6) is 0 Å². The second-order valence-corrected chi connectivity index (χ2v) is 5.41. The number of thioether (sulfide) groups is 1. The zero-order chi connectivity index (χ0) is 12.7. The minimum atomic E-state index is 0.926. The highest BCUT2D eigenvalue weighted by molar-refractivity contribution is 7.98. The van der Waals surface area contributed by atoms with E-state index >= 15 is 0 Å². The third-order valence-corrected chi connectivity index (χ3v) is 3.63. The molecule has 3 nitrogen and oxygen atoms in total. The molecule has 0 saturated carbocycles. The highest BCUT2D eigenvalue weighted by Crippen LogP contribution is 2.15. The molecule has 0 saturated heterocycles. The lowest BCUT2D eigenvalue weighted by Gasteiger charge is -2.10. The lowest BCUT2D eigenvalue weighted by atomic mass is 10.1. The minimum absolute atomic E-state index is 0.926. The first-order valence-corrected chi connectivity index (χ1v) is 7.39. The Morgan fingerprint density at radius 3 is 2.35 bits per heavy atom. The van der Waals surface area contributed by atoms with Crippen LogP contribution in [0.3, 0.4) is 0 Å². The molecule has 0 unspecified atom stereocenters. The van der Waals surface area contributed by atoms with Crippen LogP contribution in [0.2, 0.25) is 0 Å². The second kappa shape index (κ2) is 7.67.